The van der Waals surface area contributed by atoms with Gasteiger partial charge >= 0.3 is 0 Å². The van der Waals surface area contributed by atoms with Crippen LogP contribution in [0.25, 0.3) is 21.3 Å². The van der Waals surface area contributed by atoms with E-state index in [4.69, 9.17) is 9.72 Å². The number of aromatic nitrogens is 2. The third-order valence-electron chi connectivity index (χ3n) is 5.45. The molecule has 0 radical (unpaired) electrons. The van der Waals surface area contributed by atoms with Crippen molar-refractivity contribution >= 4 is 38.8 Å². The zero-order chi connectivity index (χ0) is 22.9. The van der Waals surface area contributed by atoms with E-state index in [9.17, 15) is 14.9 Å². The van der Waals surface area contributed by atoms with E-state index in [0.717, 1.165) is 16.8 Å². The molecule has 3 heterocycles. The lowest BCUT2D eigenvalue weighted by Gasteiger charge is -2.23. The first kappa shape index (κ1) is 20.7. The van der Waals surface area contributed by atoms with Crippen LogP contribution in [0.15, 0.2) is 58.7 Å². The predicted octanol–water partition coefficient (Wildman–Crippen LogP) is 3.98. The van der Waals surface area contributed by atoms with Gasteiger partial charge in [0.05, 0.1) is 23.7 Å². The Hall–Kier alpha value is -4.16. The number of fused-ring (bicyclic) bond motifs is 2. The third kappa shape index (κ3) is 3.81. The molecular weight excluding hydrogens is 438 g/mol. The van der Waals surface area contributed by atoms with Gasteiger partial charge in [-0.3, -0.25) is 14.2 Å². The number of carbonyl (C=O) groups excluding carboxylic acids is 1. The number of hydrogen-bond donors (Lipinski definition) is 2. The molecule has 2 aromatic heterocycles. The minimum atomic E-state index is -0.542. The molecule has 9 heteroatoms. The van der Waals surface area contributed by atoms with Gasteiger partial charge < -0.3 is 15.4 Å². The number of hydrogen-bond acceptors (Lipinski definition) is 7. The summed E-state index contributed by atoms with van der Waals surface area (Å²) in [5.41, 5.74) is 2.81. The van der Waals surface area contributed by atoms with Crippen LogP contribution in [0, 0.1) is 11.3 Å². The molecule has 1 amide bonds. The van der Waals surface area contributed by atoms with Crippen molar-refractivity contribution in [3.05, 3.63) is 70.1 Å². The first-order valence-electron chi connectivity index (χ1n) is 10.3. The van der Waals surface area contributed by atoms with E-state index in [0.29, 0.717) is 27.5 Å². The summed E-state index contributed by atoms with van der Waals surface area (Å²) in [5.74, 6) is 0.851. The average molecular weight is 458 g/mol. The summed E-state index contributed by atoms with van der Waals surface area (Å²) in [6.07, 6.45) is -0.542. The van der Waals surface area contributed by atoms with Crippen LogP contribution in [-0.2, 0) is 17.9 Å². The number of thiophene rings is 1. The van der Waals surface area contributed by atoms with Gasteiger partial charge in [0.2, 0.25) is 0 Å². The Morgan fingerprint density at radius 3 is 2.85 bits per heavy atom. The summed E-state index contributed by atoms with van der Waals surface area (Å²) < 4.78 is 6.99. The van der Waals surface area contributed by atoms with Crippen molar-refractivity contribution in [2.45, 2.75) is 26.1 Å². The van der Waals surface area contributed by atoms with E-state index in [1.807, 2.05) is 41.8 Å². The number of ether oxygens (including phenoxy) is 1. The van der Waals surface area contributed by atoms with Gasteiger partial charge in [-0.1, -0.05) is 30.3 Å². The molecule has 1 atom stereocenters. The van der Waals surface area contributed by atoms with Crippen molar-refractivity contribution in [1.29, 1.82) is 5.26 Å². The van der Waals surface area contributed by atoms with Crippen LogP contribution in [0.3, 0.4) is 0 Å². The molecule has 0 fully saturated rings. The molecule has 33 heavy (non-hydrogen) atoms. The van der Waals surface area contributed by atoms with Crippen LogP contribution in [-0.4, -0.2) is 21.6 Å². The minimum Gasteiger partial charge on any atom is -0.479 e. The number of anilines is 2. The summed E-state index contributed by atoms with van der Waals surface area (Å²) in [6.45, 7) is 1.82. The van der Waals surface area contributed by atoms with Crippen molar-refractivity contribution in [3.63, 3.8) is 0 Å². The van der Waals surface area contributed by atoms with E-state index in [2.05, 4.69) is 16.7 Å². The van der Waals surface area contributed by atoms with Crippen molar-refractivity contribution in [3.8, 4) is 22.9 Å². The van der Waals surface area contributed by atoms with Crippen LogP contribution >= 0.6 is 11.3 Å². The summed E-state index contributed by atoms with van der Waals surface area (Å²) in [5, 5.41) is 17.8. The van der Waals surface area contributed by atoms with Crippen LogP contribution in [0.5, 0.6) is 5.75 Å². The second-order valence-electron chi connectivity index (χ2n) is 7.59. The lowest BCUT2D eigenvalue weighted by molar-refractivity contribution is -0.122. The first-order valence-corrected chi connectivity index (χ1v) is 11.2. The van der Waals surface area contributed by atoms with Gasteiger partial charge in [-0.05, 0) is 30.7 Å². The maximum atomic E-state index is 13.4. The summed E-state index contributed by atoms with van der Waals surface area (Å²) in [4.78, 5) is 30.6. The number of amides is 1. The van der Waals surface area contributed by atoms with Gasteiger partial charge in [0.15, 0.2) is 6.10 Å². The third-order valence-corrected chi connectivity index (χ3v) is 6.32. The predicted molar refractivity (Wildman–Crippen MR) is 127 cm³/mol. The van der Waals surface area contributed by atoms with Crippen molar-refractivity contribution < 1.29 is 9.53 Å². The fourth-order valence-corrected chi connectivity index (χ4v) is 4.72. The second kappa shape index (κ2) is 8.41. The Kier molecular flexibility index (Phi) is 5.28. The van der Waals surface area contributed by atoms with Gasteiger partial charge in [-0.25, -0.2) is 4.98 Å². The Labute approximate surface area is 193 Å². The minimum absolute atomic E-state index is 0.102. The van der Waals surface area contributed by atoms with Crippen LogP contribution < -0.4 is 20.9 Å². The van der Waals surface area contributed by atoms with Crippen LogP contribution in [0.2, 0.25) is 0 Å². The molecule has 4 aromatic rings. The molecule has 0 saturated carbocycles. The highest BCUT2D eigenvalue weighted by molar-refractivity contribution is 7.17. The number of nitrogens with one attached hydrogen (secondary N) is 2. The zero-order valence-electron chi connectivity index (χ0n) is 17.7. The Balaban J connectivity index is 1.48. The molecule has 0 bridgehead atoms. The monoisotopic (exact) mass is 457 g/mol. The second-order valence-corrected chi connectivity index (χ2v) is 8.44. The Morgan fingerprint density at radius 2 is 2.06 bits per heavy atom. The highest BCUT2D eigenvalue weighted by atomic mass is 32.1. The molecule has 1 aliphatic rings. The molecule has 1 unspecified atom stereocenters. The molecule has 2 aromatic carbocycles. The smallest absolute Gasteiger partial charge is 0.265 e. The van der Waals surface area contributed by atoms with E-state index in [1.165, 1.54) is 15.9 Å². The highest BCUT2D eigenvalue weighted by Crippen LogP contribution is 2.33. The Bertz CT molecular complexity index is 1470. The van der Waals surface area contributed by atoms with Gasteiger partial charge in [0.1, 0.15) is 22.9 Å². The topological polar surface area (TPSA) is 109 Å². The molecule has 8 nitrogen and oxygen atoms in total. The van der Waals surface area contributed by atoms with E-state index in [1.54, 1.807) is 19.1 Å². The van der Waals surface area contributed by atoms with Gasteiger partial charge in [0.25, 0.3) is 11.5 Å². The molecular formula is C24H19N5O3S. The molecule has 0 saturated heterocycles. The number of benzene rings is 2. The normalized spacial score (nSPS) is 14.8. The van der Waals surface area contributed by atoms with E-state index >= 15 is 0 Å². The lowest BCUT2D eigenvalue weighted by atomic mass is 10.1. The van der Waals surface area contributed by atoms with Crippen molar-refractivity contribution in [1.82, 2.24) is 9.55 Å². The lowest BCUT2D eigenvalue weighted by Crippen LogP contribution is -2.34. The zero-order valence-corrected chi connectivity index (χ0v) is 18.5. The van der Waals surface area contributed by atoms with Crippen LogP contribution in [0.4, 0.5) is 11.4 Å². The maximum Gasteiger partial charge on any atom is 0.265 e. The van der Waals surface area contributed by atoms with E-state index < -0.39 is 6.10 Å². The molecule has 0 spiro atoms. The molecule has 5 rings (SSSR count). The van der Waals surface area contributed by atoms with E-state index in [-0.39, 0.29) is 24.6 Å². The summed E-state index contributed by atoms with van der Waals surface area (Å²) in [7, 11) is 0. The van der Waals surface area contributed by atoms with Gasteiger partial charge in [0, 0.05) is 16.6 Å². The SMILES string of the molecule is CC1Oc2ccc(NCc3nc4scc(-c5ccccc5)c4c(=O)n3CC#N)cc2NC1=O. The largest absolute Gasteiger partial charge is 0.479 e. The standard InChI is InChI=1S/C24H19N5O3S/c1-14-22(30)27-18-11-16(7-8-19(18)32-14)26-12-20-28-23-21(24(31)29(20)10-9-25)17(13-33-23)15-5-3-2-4-6-15/h2-8,11,13-14,26H,10,12H2,1H3,(H,27,30). The fraction of sp³-hybridized carbons (Fsp3) is 0.167. The highest BCUT2D eigenvalue weighted by Gasteiger charge is 2.23. The maximum absolute atomic E-state index is 13.4. The first-order chi connectivity index (χ1) is 16.0. The van der Waals surface area contributed by atoms with Crippen LogP contribution in [0.1, 0.15) is 12.7 Å². The molecule has 164 valence electrons. The molecule has 0 aliphatic carbocycles. The quantitative estimate of drug-likeness (QED) is 0.469. The average Bonchev–Trinajstić information content (AvgIpc) is 3.25. The molecule has 2 N–H and O–H groups in total. The Morgan fingerprint density at radius 1 is 1.24 bits per heavy atom. The summed E-state index contributed by atoms with van der Waals surface area (Å²) in [6, 6.07) is 17.1. The molecule has 1 aliphatic heterocycles. The van der Waals surface area contributed by atoms with Crippen molar-refractivity contribution in [2.24, 2.45) is 0 Å². The number of nitrogens with zero attached hydrogens (tertiary/aromatic N) is 3. The number of nitriles is 1. The summed E-state index contributed by atoms with van der Waals surface area (Å²) >= 11 is 1.41. The fourth-order valence-electron chi connectivity index (χ4n) is 3.77. The number of carbonyl (C=O) groups is 1. The van der Waals surface area contributed by atoms with Gasteiger partial charge in [-0.15, -0.1) is 11.3 Å². The van der Waals surface area contributed by atoms with Gasteiger partial charge in [-0.2, -0.15) is 5.26 Å². The number of rotatable bonds is 5. The van der Waals surface area contributed by atoms with Crippen molar-refractivity contribution in [2.75, 3.05) is 10.6 Å².